The lowest BCUT2D eigenvalue weighted by molar-refractivity contribution is 0.220. The molecule has 1 saturated carbocycles. The minimum Gasteiger partial charge on any atom is -0.329 e. The summed E-state index contributed by atoms with van der Waals surface area (Å²) in [7, 11) is 0. The van der Waals surface area contributed by atoms with Gasteiger partial charge in [-0.2, -0.15) is 0 Å². The van der Waals surface area contributed by atoms with Crippen molar-refractivity contribution < 1.29 is 0 Å². The van der Waals surface area contributed by atoms with Gasteiger partial charge < -0.3 is 5.73 Å². The minimum absolute atomic E-state index is 0.463. The van der Waals surface area contributed by atoms with E-state index in [1.54, 1.807) is 0 Å². The standard InChI is InChI=1S/C9H18N2/c1-8-2-5-11(6-8)9(7-10)3-4-9/h8H,2-7,10H2,1H3. The van der Waals surface area contributed by atoms with Crippen LogP contribution in [0.15, 0.2) is 0 Å². The Morgan fingerprint density at radius 1 is 1.55 bits per heavy atom. The zero-order valence-electron chi connectivity index (χ0n) is 7.34. The van der Waals surface area contributed by atoms with E-state index < -0.39 is 0 Å². The largest absolute Gasteiger partial charge is 0.329 e. The first kappa shape index (κ1) is 7.56. The van der Waals surface area contributed by atoms with Gasteiger partial charge in [-0.05, 0) is 31.7 Å². The van der Waals surface area contributed by atoms with Gasteiger partial charge in [-0.25, -0.2) is 0 Å². The van der Waals surface area contributed by atoms with Crippen molar-refractivity contribution in [2.24, 2.45) is 11.7 Å². The number of nitrogens with zero attached hydrogens (tertiary/aromatic N) is 1. The summed E-state index contributed by atoms with van der Waals surface area (Å²) >= 11 is 0. The van der Waals surface area contributed by atoms with Gasteiger partial charge in [-0.15, -0.1) is 0 Å². The van der Waals surface area contributed by atoms with Gasteiger partial charge >= 0.3 is 0 Å². The molecule has 2 fully saturated rings. The Labute approximate surface area is 68.7 Å². The van der Waals surface area contributed by atoms with Crippen LogP contribution in [-0.2, 0) is 0 Å². The van der Waals surface area contributed by atoms with Gasteiger partial charge in [0.25, 0.3) is 0 Å². The van der Waals surface area contributed by atoms with E-state index in [-0.39, 0.29) is 0 Å². The van der Waals surface area contributed by atoms with E-state index in [9.17, 15) is 0 Å². The van der Waals surface area contributed by atoms with Crippen LogP contribution in [-0.4, -0.2) is 30.1 Å². The normalized spacial score (nSPS) is 36.0. The summed E-state index contributed by atoms with van der Waals surface area (Å²) in [6.07, 6.45) is 4.06. The van der Waals surface area contributed by atoms with E-state index in [1.165, 1.54) is 32.4 Å². The van der Waals surface area contributed by atoms with E-state index in [2.05, 4.69) is 11.8 Å². The van der Waals surface area contributed by atoms with Crippen molar-refractivity contribution in [1.29, 1.82) is 0 Å². The van der Waals surface area contributed by atoms with Gasteiger partial charge in [-0.1, -0.05) is 6.92 Å². The van der Waals surface area contributed by atoms with Crippen LogP contribution < -0.4 is 5.73 Å². The Bertz CT molecular complexity index is 152. The van der Waals surface area contributed by atoms with Gasteiger partial charge in [0.15, 0.2) is 0 Å². The van der Waals surface area contributed by atoms with Gasteiger partial charge in [-0.3, -0.25) is 4.90 Å². The molecule has 2 nitrogen and oxygen atoms in total. The highest BCUT2D eigenvalue weighted by molar-refractivity contribution is 5.06. The Balaban J connectivity index is 1.95. The molecule has 1 saturated heterocycles. The molecule has 2 aliphatic rings. The van der Waals surface area contributed by atoms with Crippen molar-refractivity contribution >= 4 is 0 Å². The smallest absolute Gasteiger partial charge is 0.0333 e. The molecule has 2 rings (SSSR count). The molecule has 1 heterocycles. The highest BCUT2D eigenvalue weighted by atomic mass is 15.3. The number of nitrogens with two attached hydrogens (primary N) is 1. The molecule has 1 unspecified atom stereocenters. The Hall–Kier alpha value is -0.0800. The number of hydrogen-bond acceptors (Lipinski definition) is 2. The highest BCUT2D eigenvalue weighted by Gasteiger charge is 2.48. The zero-order valence-corrected chi connectivity index (χ0v) is 7.34. The molecule has 64 valence electrons. The first-order valence-corrected chi connectivity index (χ1v) is 4.72. The molecule has 2 N–H and O–H groups in total. The summed E-state index contributed by atoms with van der Waals surface area (Å²) in [6, 6.07) is 0. The maximum Gasteiger partial charge on any atom is 0.0333 e. The maximum atomic E-state index is 5.75. The van der Waals surface area contributed by atoms with Crippen molar-refractivity contribution in [3.05, 3.63) is 0 Å². The fourth-order valence-electron chi connectivity index (χ4n) is 2.16. The van der Waals surface area contributed by atoms with Crippen LogP contribution in [0.25, 0.3) is 0 Å². The maximum absolute atomic E-state index is 5.75. The second-order valence-corrected chi connectivity index (χ2v) is 4.27. The minimum atomic E-state index is 0.463. The Morgan fingerprint density at radius 3 is 2.64 bits per heavy atom. The lowest BCUT2D eigenvalue weighted by atomic mass is 10.2. The summed E-state index contributed by atoms with van der Waals surface area (Å²) in [5.74, 6) is 0.902. The highest BCUT2D eigenvalue weighted by Crippen LogP contribution is 2.43. The van der Waals surface area contributed by atoms with E-state index in [4.69, 9.17) is 5.73 Å². The molecule has 0 spiro atoms. The van der Waals surface area contributed by atoms with Gasteiger partial charge in [0.05, 0.1) is 0 Å². The summed E-state index contributed by atoms with van der Waals surface area (Å²) in [6.45, 7) is 5.79. The van der Waals surface area contributed by atoms with E-state index in [1.807, 2.05) is 0 Å². The molecule has 0 aromatic carbocycles. The third-order valence-corrected chi connectivity index (χ3v) is 3.30. The van der Waals surface area contributed by atoms with Gasteiger partial charge in [0.2, 0.25) is 0 Å². The van der Waals surface area contributed by atoms with Crippen LogP contribution in [0.2, 0.25) is 0 Å². The fraction of sp³-hybridized carbons (Fsp3) is 1.00. The van der Waals surface area contributed by atoms with Crippen molar-refractivity contribution in [1.82, 2.24) is 4.90 Å². The quantitative estimate of drug-likeness (QED) is 0.638. The van der Waals surface area contributed by atoms with Crippen LogP contribution in [0, 0.1) is 5.92 Å². The van der Waals surface area contributed by atoms with Crippen molar-refractivity contribution in [3.8, 4) is 0 Å². The molecular weight excluding hydrogens is 136 g/mol. The average Bonchev–Trinajstić information content (AvgIpc) is 2.70. The van der Waals surface area contributed by atoms with Crippen LogP contribution in [0.3, 0.4) is 0 Å². The Morgan fingerprint density at radius 2 is 2.27 bits per heavy atom. The molecule has 1 atom stereocenters. The van der Waals surface area contributed by atoms with Crippen LogP contribution in [0.1, 0.15) is 26.2 Å². The second-order valence-electron chi connectivity index (χ2n) is 4.27. The lowest BCUT2D eigenvalue weighted by Gasteiger charge is -2.25. The Kier molecular flexibility index (Phi) is 1.69. The molecule has 11 heavy (non-hydrogen) atoms. The average molecular weight is 154 g/mol. The third-order valence-electron chi connectivity index (χ3n) is 3.30. The van der Waals surface area contributed by atoms with Gasteiger partial charge in [0, 0.05) is 18.6 Å². The van der Waals surface area contributed by atoms with Crippen LogP contribution in [0.5, 0.6) is 0 Å². The molecule has 0 amide bonds. The van der Waals surface area contributed by atoms with Crippen LogP contribution >= 0.6 is 0 Å². The molecule has 1 aliphatic heterocycles. The monoisotopic (exact) mass is 154 g/mol. The van der Waals surface area contributed by atoms with Crippen molar-refractivity contribution in [2.75, 3.05) is 19.6 Å². The number of likely N-dealkylation sites (tertiary alicyclic amines) is 1. The molecule has 1 aliphatic carbocycles. The SMILES string of the molecule is CC1CCN(C2(CN)CC2)C1. The van der Waals surface area contributed by atoms with Crippen LogP contribution in [0.4, 0.5) is 0 Å². The molecular formula is C9H18N2. The number of hydrogen-bond donors (Lipinski definition) is 1. The van der Waals surface area contributed by atoms with Crippen molar-refractivity contribution in [2.45, 2.75) is 31.7 Å². The summed E-state index contributed by atoms with van der Waals surface area (Å²) < 4.78 is 0. The molecule has 0 aromatic rings. The molecule has 2 heteroatoms. The molecule has 0 bridgehead atoms. The van der Waals surface area contributed by atoms with Crippen molar-refractivity contribution in [3.63, 3.8) is 0 Å². The summed E-state index contributed by atoms with van der Waals surface area (Å²) in [5.41, 5.74) is 6.22. The summed E-state index contributed by atoms with van der Waals surface area (Å²) in [5, 5.41) is 0. The first-order chi connectivity index (χ1) is 5.27. The fourth-order valence-corrected chi connectivity index (χ4v) is 2.16. The second kappa shape index (κ2) is 2.46. The number of rotatable bonds is 2. The van der Waals surface area contributed by atoms with E-state index >= 15 is 0 Å². The first-order valence-electron chi connectivity index (χ1n) is 4.72. The zero-order chi connectivity index (χ0) is 7.90. The van der Waals surface area contributed by atoms with E-state index in [0.717, 1.165) is 12.5 Å². The molecule has 0 aromatic heterocycles. The third kappa shape index (κ3) is 1.18. The van der Waals surface area contributed by atoms with Gasteiger partial charge in [0.1, 0.15) is 0 Å². The molecule has 0 radical (unpaired) electrons. The lowest BCUT2D eigenvalue weighted by Crippen LogP contribution is -2.41. The topological polar surface area (TPSA) is 29.3 Å². The summed E-state index contributed by atoms with van der Waals surface area (Å²) in [4.78, 5) is 2.61. The predicted molar refractivity (Wildman–Crippen MR) is 46.4 cm³/mol. The van der Waals surface area contributed by atoms with E-state index in [0.29, 0.717) is 5.54 Å². The predicted octanol–water partition coefficient (Wildman–Crippen LogP) is 0.819.